The fourth-order valence-corrected chi connectivity index (χ4v) is 2.35. The van der Waals surface area contributed by atoms with Gasteiger partial charge in [0.05, 0.1) is 32.7 Å². The summed E-state index contributed by atoms with van der Waals surface area (Å²) in [6.45, 7) is 2.78. The number of ether oxygens (including phenoxy) is 2. The van der Waals surface area contributed by atoms with E-state index in [0.717, 1.165) is 12.1 Å². The van der Waals surface area contributed by atoms with E-state index in [1.807, 2.05) is 13.0 Å². The molecule has 0 aliphatic carbocycles. The average molecular weight is 342 g/mol. The lowest BCUT2D eigenvalue weighted by Crippen LogP contribution is -2.24. The highest BCUT2D eigenvalue weighted by molar-refractivity contribution is 9.10. The number of methoxy groups -OCH3 is 2. The molecule has 108 valence electrons. The van der Waals surface area contributed by atoms with Crippen LogP contribution in [-0.2, 0) is 0 Å². The SMILES string of the molecule is CCNC(c1ccoc1Br)c1ncc(OC)nc1OC. The molecule has 0 aliphatic rings. The van der Waals surface area contributed by atoms with Crippen LogP contribution in [0.5, 0.6) is 11.8 Å². The average Bonchev–Trinajstić information content (AvgIpc) is 2.90. The highest BCUT2D eigenvalue weighted by Gasteiger charge is 2.24. The Kier molecular flexibility index (Phi) is 4.97. The smallest absolute Gasteiger partial charge is 0.240 e. The Morgan fingerprint density at radius 1 is 1.40 bits per heavy atom. The molecule has 2 aromatic rings. The Bertz CT molecular complexity index is 574. The molecule has 0 aliphatic heterocycles. The number of nitrogens with one attached hydrogen (secondary N) is 1. The van der Waals surface area contributed by atoms with Crippen molar-refractivity contribution in [2.75, 3.05) is 20.8 Å². The second kappa shape index (κ2) is 6.71. The van der Waals surface area contributed by atoms with Crippen molar-refractivity contribution in [2.45, 2.75) is 13.0 Å². The molecule has 0 spiro atoms. The lowest BCUT2D eigenvalue weighted by molar-refractivity contribution is 0.352. The van der Waals surface area contributed by atoms with E-state index in [9.17, 15) is 0 Å². The van der Waals surface area contributed by atoms with Crippen molar-refractivity contribution in [1.82, 2.24) is 15.3 Å². The van der Waals surface area contributed by atoms with E-state index >= 15 is 0 Å². The number of furan rings is 1. The van der Waals surface area contributed by atoms with Crippen molar-refractivity contribution < 1.29 is 13.9 Å². The molecule has 2 aromatic heterocycles. The van der Waals surface area contributed by atoms with Gasteiger partial charge in [0.25, 0.3) is 0 Å². The Labute approximate surface area is 125 Å². The lowest BCUT2D eigenvalue weighted by atomic mass is 10.1. The van der Waals surface area contributed by atoms with Gasteiger partial charge in [-0.1, -0.05) is 6.92 Å². The van der Waals surface area contributed by atoms with Gasteiger partial charge in [-0.15, -0.1) is 0 Å². The van der Waals surface area contributed by atoms with Gasteiger partial charge in [-0.05, 0) is 28.5 Å². The predicted octanol–water partition coefficient (Wildman–Crippen LogP) is 2.55. The third-order valence-corrected chi connectivity index (χ3v) is 3.43. The van der Waals surface area contributed by atoms with Crippen LogP contribution in [0, 0.1) is 0 Å². The quantitative estimate of drug-likeness (QED) is 0.870. The largest absolute Gasteiger partial charge is 0.480 e. The minimum Gasteiger partial charge on any atom is -0.480 e. The number of hydrogen-bond donors (Lipinski definition) is 1. The van der Waals surface area contributed by atoms with Gasteiger partial charge in [-0.3, -0.25) is 0 Å². The summed E-state index contributed by atoms with van der Waals surface area (Å²) in [6.07, 6.45) is 3.18. The van der Waals surface area contributed by atoms with E-state index in [-0.39, 0.29) is 6.04 Å². The molecule has 1 atom stereocenters. The van der Waals surface area contributed by atoms with E-state index in [4.69, 9.17) is 13.9 Å². The normalized spacial score (nSPS) is 12.2. The fourth-order valence-electron chi connectivity index (χ4n) is 1.88. The van der Waals surface area contributed by atoms with E-state index in [0.29, 0.717) is 22.1 Å². The first-order valence-electron chi connectivity index (χ1n) is 6.12. The van der Waals surface area contributed by atoms with Crippen LogP contribution < -0.4 is 14.8 Å². The van der Waals surface area contributed by atoms with Crippen LogP contribution >= 0.6 is 15.9 Å². The second-order valence-corrected chi connectivity index (χ2v) is 4.67. The zero-order valence-corrected chi connectivity index (χ0v) is 13.1. The van der Waals surface area contributed by atoms with Crippen molar-refractivity contribution in [2.24, 2.45) is 0 Å². The fraction of sp³-hybridized carbons (Fsp3) is 0.385. The van der Waals surface area contributed by atoms with Crippen LogP contribution in [0.15, 0.2) is 27.6 Å². The molecule has 2 rings (SSSR count). The molecule has 1 unspecified atom stereocenters. The van der Waals surface area contributed by atoms with Crippen molar-refractivity contribution in [3.63, 3.8) is 0 Å². The highest BCUT2D eigenvalue weighted by atomic mass is 79.9. The predicted molar refractivity (Wildman–Crippen MR) is 77.1 cm³/mol. The number of rotatable bonds is 6. The molecule has 0 saturated heterocycles. The first-order chi connectivity index (χ1) is 9.71. The number of nitrogens with zero attached hydrogens (tertiary/aromatic N) is 2. The van der Waals surface area contributed by atoms with Gasteiger partial charge in [0.1, 0.15) is 5.69 Å². The molecular formula is C13H16BrN3O3. The summed E-state index contributed by atoms with van der Waals surface area (Å²) in [5.41, 5.74) is 1.61. The maximum atomic E-state index is 5.31. The zero-order valence-electron chi connectivity index (χ0n) is 11.5. The molecule has 0 amide bonds. The first-order valence-corrected chi connectivity index (χ1v) is 6.91. The van der Waals surface area contributed by atoms with Crippen LogP contribution in [0.4, 0.5) is 0 Å². The van der Waals surface area contributed by atoms with E-state index < -0.39 is 0 Å². The molecule has 6 nitrogen and oxygen atoms in total. The standard InChI is InChI=1S/C13H16BrN3O3/c1-4-15-10(8-5-6-20-12(8)14)11-13(19-3)17-9(18-2)7-16-11/h5-7,10,15H,4H2,1-3H3. The lowest BCUT2D eigenvalue weighted by Gasteiger charge is -2.18. The van der Waals surface area contributed by atoms with E-state index in [1.165, 1.54) is 7.11 Å². The Morgan fingerprint density at radius 2 is 2.20 bits per heavy atom. The molecular weight excluding hydrogens is 326 g/mol. The summed E-state index contributed by atoms with van der Waals surface area (Å²) in [7, 11) is 3.10. The third kappa shape index (κ3) is 2.94. The minimum absolute atomic E-state index is 0.179. The molecule has 0 bridgehead atoms. The molecule has 0 fully saturated rings. The summed E-state index contributed by atoms with van der Waals surface area (Å²) in [5.74, 6) is 0.829. The minimum atomic E-state index is -0.179. The van der Waals surface area contributed by atoms with Gasteiger partial charge in [-0.25, -0.2) is 4.98 Å². The Balaban J connectivity index is 2.46. The monoisotopic (exact) mass is 341 g/mol. The Morgan fingerprint density at radius 3 is 2.75 bits per heavy atom. The van der Waals surface area contributed by atoms with Gasteiger partial charge in [0.15, 0.2) is 4.67 Å². The van der Waals surface area contributed by atoms with Gasteiger partial charge < -0.3 is 19.2 Å². The summed E-state index contributed by atoms with van der Waals surface area (Å²) in [5, 5.41) is 3.34. The van der Waals surface area contributed by atoms with Gasteiger partial charge in [0, 0.05) is 5.56 Å². The molecule has 0 radical (unpaired) electrons. The summed E-state index contributed by atoms with van der Waals surface area (Å²) in [4.78, 5) is 8.66. The molecule has 7 heteroatoms. The molecule has 0 aromatic carbocycles. The van der Waals surface area contributed by atoms with E-state index in [2.05, 4.69) is 31.2 Å². The number of halogens is 1. The summed E-state index contributed by atoms with van der Waals surface area (Å²) in [6, 6.07) is 1.70. The van der Waals surface area contributed by atoms with Crippen LogP contribution in [0.25, 0.3) is 0 Å². The van der Waals surface area contributed by atoms with Crippen LogP contribution in [0.1, 0.15) is 24.2 Å². The van der Waals surface area contributed by atoms with Crippen molar-refractivity contribution in [3.05, 3.63) is 34.5 Å². The van der Waals surface area contributed by atoms with Crippen molar-refractivity contribution in [1.29, 1.82) is 0 Å². The summed E-state index contributed by atoms with van der Waals surface area (Å²) >= 11 is 3.39. The number of aromatic nitrogens is 2. The number of hydrogen-bond acceptors (Lipinski definition) is 6. The summed E-state index contributed by atoms with van der Waals surface area (Å²) < 4.78 is 16.3. The zero-order chi connectivity index (χ0) is 14.5. The molecule has 2 heterocycles. The van der Waals surface area contributed by atoms with Crippen molar-refractivity contribution in [3.8, 4) is 11.8 Å². The third-order valence-electron chi connectivity index (χ3n) is 2.79. The Hall–Kier alpha value is -1.60. The van der Waals surface area contributed by atoms with Gasteiger partial charge in [-0.2, -0.15) is 4.98 Å². The first kappa shape index (κ1) is 14.8. The maximum absolute atomic E-state index is 5.31. The molecule has 20 heavy (non-hydrogen) atoms. The van der Waals surface area contributed by atoms with Gasteiger partial charge in [0.2, 0.25) is 11.8 Å². The van der Waals surface area contributed by atoms with Crippen LogP contribution in [-0.4, -0.2) is 30.7 Å². The van der Waals surface area contributed by atoms with Crippen molar-refractivity contribution >= 4 is 15.9 Å². The topological polar surface area (TPSA) is 69.4 Å². The molecule has 1 N–H and O–H groups in total. The van der Waals surface area contributed by atoms with Crippen LogP contribution in [0.2, 0.25) is 0 Å². The van der Waals surface area contributed by atoms with Crippen LogP contribution in [0.3, 0.4) is 0 Å². The van der Waals surface area contributed by atoms with E-state index in [1.54, 1.807) is 19.6 Å². The highest BCUT2D eigenvalue weighted by Crippen LogP contribution is 2.32. The molecule has 0 saturated carbocycles. The van der Waals surface area contributed by atoms with Gasteiger partial charge >= 0.3 is 0 Å². The maximum Gasteiger partial charge on any atom is 0.240 e. The second-order valence-electron chi connectivity index (χ2n) is 3.95.